The Kier molecular flexibility index (Phi) is 5.57. The van der Waals surface area contributed by atoms with Crippen molar-refractivity contribution in [2.45, 2.75) is 25.0 Å². The SMILES string of the molecule is COC(=O)C(CSc1nccc(C)n1)NC(C)=O. The third-order valence-corrected chi connectivity index (χ3v) is 2.97. The molecule has 1 rings (SSSR count). The first kappa shape index (κ1) is 14.4. The van der Waals surface area contributed by atoms with Crippen molar-refractivity contribution < 1.29 is 14.3 Å². The van der Waals surface area contributed by atoms with Gasteiger partial charge in [0.05, 0.1) is 7.11 Å². The van der Waals surface area contributed by atoms with Gasteiger partial charge in [-0.25, -0.2) is 14.8 Å². The van der Waals surface area contributed by atoms with Gasteiger partial charge in [0.15, 0.2) is 5.16 Å². The highest BCUT2D eigenvalue weighted by Crippen LogP contribution is 2.14. The van der Waals surface area contributed by atoms with Crippen molar-refractivity contribution in [3.8, 4) is 0 Å². The molecule has 0 aliphatic rings. The predicted molar refractivity (Wildman–Crippen MR) is 67.1 cm³/mol. The van der Waals surface area contributed by atoms with Crippen LogP contribution in [0.4, 0.5) is 0 Å². The molecule has 0 saturated carbocycles. The molecular formula is C11H15N3O3S. The van der Waals surface area contributed by atoms with Crippen LogP contribution in [-0.2, 0) is 14.3 Å². The Morgan fingerprint density at radius 2 is 2.28 bits per heavy atom. The Bertz CT molecular complexity index is 439. The standard InChI is InChI=1S/C11H15N3O3S/c1-7-4-5-12-11(13-7)18-6-9(10(16)17-3)14-8(2)15/h4-5,9H,6H2,1-3H3,(H,14,15). The molecule has 18 heavy (non-hydrogen) atoms. The van der Waals surface area contributed by atoms with Gasteiger partial charge in [0.1, 0.15) is 6.04 Å². The fourth-order valence-corrected chi connectivity index (χ4v) is 2.09. The summed E-state index contributed by atoms with van der Waals surface area (Å²) >= 11 is 1.29. The van der Waals surface area contributed by atoms with E-state index in [0.29, 0.717) is 10.9 Å². The molecule has 7 heteroatoms. The van der Waals surface area contributed by atoms with Crippen LogP contribution in [0.5, 0.6) is 0 Å². The minimum absolute atomic E-state index is 0.281. The first-order valence-electron chi connectivity index (χ1n) is 5.30. The van der Waals surface area contributed by atoms with Gasteiger partial charge in [0.25, 0.3) is 0 Å². The highest BCUT2D eigenvalue weighted by Gasteiger charge is 2.20. The zero-order valence-corrected chi connectivity index (χ0v) is 11.3. The summed E-state index contributed by atoms with van der Waals surface area (Å²) in [5, 5.41) is 3.09. The lowest BCUT2D eigenvalue weighted by atomic mass is 10.3. The van der Waals surface area contributed by atoms with Gasteiger partial charge >= 0.3 is 5.97 Å². The third-order valence-electron chi connectivity index (χ3n) is 2.02. The van der Waals surface area contributed by atoms with E-state index in [1.807, 2.05) is 6.92 Å². The van der Waals surface area contributed by atoms with Gasteiger partial charge in [-0.15, -0.1) is 0 Å². The molecule has 0 spiro atoms. The Labute approximate surface area is 110 Å². The summed E-state index contributed by atoms with van der Waals surface area (Å²) in [7, 11) is 1.28. The van der Waals surface area contributed by atoms with E-state index in [1.165, 1.54) is 25.8 Å². The van der Waals surface area contributed by atoms with E-state index in [2.05, 4.69) is 20.0 Å². The number of hydrogen-bond donors (Lipinski definition) is 1. The summed E-state index contributed by atoms with van der Waals surface area (Å²) in [6.07, 6.45) is 1.65. The molecule has 1 atom stereocenters. The number of esters is 1. The monoisotopic (exact) mass is 269 g/mol. The van der Waals surface area contributed by atoms with E-state index >= 15 is 0 Å². The fourth-order valence-electron chi connectivity index (χ4n) is 1.21. The Morgan fingerprint density at radius 1 is 1.56 bits per heavy atom. The Hall–Kier alpha value is -1.63. The first-order valence-corrected chi connectivity index (χ1v) is 6.29. The number of thioether (sulfide) groups is 1. The normalized spacial score (nSPS) is 11.7. The lowest BCUT2D eigenvalue weighted by Gasteiger charge is -2.14. The van der Waals surface area contributed by atoms with Crippen LogP contribution in [0.2, 0.25) is 0 Å². The van der Waals surface area contributed by atoms with Gasteiger partial charge in [-0.1, -0.05) is 11.8 Å². The maximum absolute atomic E-state index is 11.4. The predicted octanol–water partition coefficient (Wildman–Crippen LogP) is 0.555. The van der Waals surface area contributed by atoms with Crippen molar-refractivity contribution in [1.29, 1.82) is 0 Å². The average molecular weight is 269 g/mol. The van der Waals surface area contributed by atoms with Gasteiger partial charge < -0.3 is 10.1 Å². The van der Waals surface area contributed by atoms with Crippen LogP contribution < -0.4 is 5.32 Å². The number of hydrogen-bond acceptors (Lipinski definition) is 6. The number of nitrogens with zero attached hydrogens (tertiary/aromatic N) is 2. The highest BCUT2D eigenvalue weighted by atomic mass is 32.2. The van der Waals surface area contributed by atoms with Gasteiger partial charge in [0.2, 0.25) is 5.91 Å². The Balaban J connectivity index is 2.61. The zero-order chi connectivity index (χ0) is 13.5. The van der Waals surface area contributed by atoms with Crippen molar-refractivity contribution in [3.05, 3.63) is 18.0 Å². The molecule has 1 heterocycles. The van der Waals surface area contributed by atoms with E-state index in [-0.39, 0.29) is 5.91 Å². The molecule has 0 aromatic carbocycles. The highest BCUT2D eigenvalue weighted by molar-refractivity contribution is 7.99. The summed E-state index contributed by atoms with van der Waals surface area (Å²) in [6, 6.07) is 1.09. The largest absolute Gasteiger partial charge is 0.467 e. The minimum atomic E-state index is -0.693. The quantitative estimate of drug-likeness (QED) is 0.478. The van der Waals surface area contributed by atoms with E-state index in [9.17, 15) is 9.59 Å². The molecule has 0 aliphatic heterocycles. The van der Waals surface area contributed by atoms with Crippen LogP contribution in [0.3, 0.4) is 0 Å². The number of amides is 1. The molecular weight excluding hydrogens is 254 g/mol. The summed E-state index contributed by atoms with van der Waals surface area (Å²) in [5.41, 5.74) is 0.849. The van der Waals surface area contributed by atoms with Crippen LogP contribution in [0.1, 0.15) is 12.6 Å². The molecule has 1 N–H and O–H groups in total. The summed E-state index contributed by atoms with van der Waals surface area (Å²) in [5.74, 6) is -0.433. The van der Waals surface area contributed by atoms with Crippen molar-refractivity contribution in [2.24, 2.45) is 0 Å². The second-order valence-electron chi connectivity index (χ2n) is 3.57. The summed E-state index contributed by atoms with van der Waals surface area (Å²) < 4.78 is 4.62. The van der Waals surface area contributed by atoms with E-state index in [1.54, 1.807) is 12.3 Å². The van der Waals surface area contributed by atoms with E-state index in [0.717, 1.165) is 5.69 Å². The Morgan fingerprint density at radius 3 is 2.83 bits per heavy atom. The topological polar surface area (TPSA) is 81.2 Å². The van der Waals surface area contributed by atoms with Crippen molar-refractivity contribution in [1.82, 2.24) is 15.3 Å². The van der Waals surface area contributed by atoms with Gasteiger partial charge in [-0.2, -0.15) is 0 Å². The molecule has 1 amide bonds. The van der Waals surface area contributed by atoms with Crippen molar-refractivity contribution in [2.75, 3.05) is 12.9 Å². The van der Waals surface area contributed by atoms with Gasteiger partial charge in [-0.05, 0) is 13.0 Å². The number of nitrogens with one attached hydrogen (secondary N) is 1. The van der Waals surface area contributed by atoms with Crippen LogP contribution in [0.25, 0.3) is 0 Å². The number of ether oxygens (including phenoxy) is 1. The molecule has 0 fully saturated rings. The zero-order valence-electron chi connectivity index (χ0n) is 10.5. The second-order valence-corrected chi connectivity index (χ2v) is 4.56. The minimum Gasteiger partial charge on any atom is -0.467 e. The maximum Gasteiger partial charge on any atom is 0.329 e. The van der Waals surface area contributed by atoms with Gasteiger partial charge in [-0.3, -0.25) is 4.79 Å². The fraction of sp³-hybridized carbons (Fsp3) is 0.455. The number of carbonyl (C=O) groups excluding carboxylic acids is 2. The molecule has 6 nitrogen and oxygen atoms in total. The van der Waals surface area contributed by atoms with Crippen LogP contribution in [-0.4, -0.2) is 40.7 Å². The van der Waals surface area contributed by atoms with Crippen LogP contribution in [0, 0.1) is 6.92 Å². The molecule has 98 valence electrons. The number of methoxy groups -OCH3 is 1. The van der Waals surface area contributed by atoms with Gasteiger partial charge in [0, 0.05) is 24.6 Å². The molecule has 0 aliphatic carbocycles. The molecule has 1 aromatic rings. The first-order chi connectivity index (χ1) is 8.52. The number of rotatable bonds is 5. The van der Waals surface area contributed by atoms with E-state index < -0.39 is 12.0 Å². The van der Waals surface area contributed by atoms with Crippen LogP contribution in [0.15, 0.2) is 17.4 Å². The van der Waals surface area contributed by atoms with E-state index in [4.69, 9.17) is 0 Å². The number of carbonyl (C=O) groups is 2. The number of aromatic nitrogens is 2. The molecule has 0 bridgehead atoms. The van der Waals surface area contributed by atoms with Crippen molar-refractivity contribution >= 4 is 23.6 Å². The average Bonchev–Trinajstić information content (AvgIpc) is 2.33. The number of aryl methyl sites for hydroxylation is 1. The summed E-state index contributed by atoms with van der Waals surface area (Å²) in [4.78, 5) is 30.7. The molecule has 1 unspecified atom stereocenters. The summed E-state index contributed by atoms with van der Waals surface area (Å²) in [6.45, 7) is 3.21. The van der Waals surface area contributed by atoms with Crippen LogP contribution >= 0.6 is 11.8 Å². The molecule has 0 radical (unpaired) electrons. The lowest BCUT2D eigenvalue weighted by molar-refractivity contribution is -0.144. The maximum atomic E-state index is 11.4. The second kappa shape index (κ2) is 6.95. The molecule has 0 saturated heterocycles. The third kappa shape index (κ3) is 4.70. The molecule has 1 aromatic heterocycles. The smallest absolute Gasteiger partial charge is 0.329 e. The lowest BCUT2D eigenvalue weighted by Crippen LogP contribution is -2.42. The van der Waals surface area contributed by atoms with Crippen molar-refractivity contribution in [3.63, 3.8) is 0 Å².